The third kappa shape index (κ3) is 4.09. The molecule has 1 N–H and O–H groups in total. The van der Waals surface area contributed by atoms with Crippen LogP contribution in [-0.2, 0) is 6.18 Å². The van der Waals surface area contributed by atoms with Gasteiger partial charge in [-0.2, -0.15) is 13.2 Å². The number of nitrogens with zero attached hydrogens (tertiary/aromatic N) is 2. The Morgan fingerprint density at radius 1 is 1.16 bits per heavy atom. The molecule has 4 atom stereocenters. The van der Waals surface area contributed by atoms with Crippen molar-refractivity contribution in [2.24, 2.45) is 11.8 Å². The van der Waals surface area contributed by atoms with Gasteiger partial charge in [-0.1, -0.05) is 29.7 Å². The average Bonchev–Trinajstić information content (AvgIpc) is 2.74. The Bertz CT molecular complexity index is 903. The van der Waals surface area contributed by atoms with Crippen LogP contribution in [0.3, 0.4) is 0 Å². The number of hydrogen-bond donors (Lipinski definition) is 1. The predicted octanol–water partition coefficient (Wildman–Crippen LogP) is 5.95. The fourth-order valence-corrected chi connectivity index (χ4v) is 6.67. The molecule has 1 aromatic carbocycles. The number of nitrogens with one attached hydrogen (secondary N) is 1. The van der Waals surface area contributed by atoms with Gasteiger partial charge in [-0.3, -0.25) is 4.90 Å². The van der Waals surface area contributed by atoms with Gasteiger partial charge in [0.05, 0.1) is 22.3 Å². The second-order valence-corrected chi connectivity index (χ2v) is 10.1. The van der Waals surface area contributed by atoms with E-state index in [-0.39, 0.29) is 16.8 Å². The summed E-state index contributed by atoms with van der Waals surface area (Å²) in [7, 11) is 0. The smallest absolute Gasteiger partial charge is 0.342 e. The third-order valence-corrected chi connectivity index (χ3v) is 8.12. The number of halogens is 4. The molecule has 1 aromatic rings. The summed E-state index contributed by atoms with van der Waals surface area (Å²) >= 11 is 11.9. The maximum atomic E-state index is 13.2. The zero-order valence-corrected chi connectivity index (χ0v) is 18.9. The van der Waals surface area contributed by atoms with Gasteiger partial charge in [-0.25, -0.2) is 0 Å². The summed E-state index contributed by atoms with van der Waals surface area (Å²) in [5.41, 5.74) is 0.952. The number of hydrogen-bond acceptors (Lipinski definition) is 2. The minimum atomic E-state index is -4.42. The first kappa shape index (κ1) is 21.5. The van der Waals surface area contributed by atoms with Crippen molar-refractivity contribution in [1.29, 1.82) is 0 Å². The van der Waals surface area contributed by atoms with E-state index in [4.69, 9.17) is 23.8 Å². The highest BCUT2D eigenvalue weighted by Gasteiger charge is 2.46. The molecule has 3 heterocycles. The topological polar surface area (TPSA) is 18.5 Å². The van der Waals surface area contributed by atoms with E-state index >= 15 is 0 Å². The molecule has 3 fully saturated rings. The SMILES string of the molecule is FC(F)(F)c1ccc(Cl)c(NC(=S)N2CCCC3=C[C@@H]4C[C@@H](CN5CCCC[C@H]45)[C@@H]32)c1. The van der Waals surface area contributed by atoms with Crippen molar-refractivity contribution >= 4 is 34.6 Å². The van der Waals surface area contributed by atoms with Crippen molar-refractivity contribution in [2.75, 3.05) is 25.0 Å². The van der Waals surface area contributed by atoms with Crippen molar-refractivity contribution in [1.82, 2.24) is 9.80 Å². The molecule has 8 heteroatoms. The lowest BCUT2D eigenvalue weighted by atomic mass is 9.68. The van der Waals surface area contributed by atoms with Crippen LogP contribution in [0.2, 0.25) is 5.02 Å². The lowest BCUT2D eigenvalue weighted by Crippen LogP contribution is -2.60. The number of benzene rings is 1. The van der Waals surface area contributed by atoms with Gasteiger partial charge < -0.3 is 10.2 Å². The van der Waals surface area contributed by atoms with Gasteiger partial charge in [0.1, 0.15) is 0 Å². The molecule has 31 heavy (non-hydrogen) atoms. The lowest BCUT2D eigenvalue weighted by molar-refractivity contribution is -0.137. The fourth-order valence-electron chi connectivity index (χ4n) is 6.19. The fraction of sp³-hybridized carbons (Fsp3) is 0.609. The number of likely N-dealkylation sites (tertiary alicyclic amines) is 1. The van der Waals surface area contributed by atoms with Crippen LogP contribution in [0.1, 0.15) is 44.1 Å². The molecule has 0 saturated carbocycles. The molecule has 3 aliphatic heterocycles. The monoisotopic (exact) mass is 469 g/mol. The number of fused-ring (bicyclic) bond motifs is 6. The van der Waals surface area contributed by atoms with E-state index in [0.29, 0.717) is 23.0 Å². The summed E-state index contributed by atoms with van der Waals surface area (Å²) in [6, 6.07) is 4.24. The highest BCUT2D eigenvalue weighted by atomic mass is 35.5. The Kier molecular flexibility index (Phi) is 5.72. The van der Waals surface area contributed by atoms with E-state index in [2.05, 4.69) is 21.2 Å². The maximum absolute atomic E-state index is 13.2. The Balaban J connectivity index is 1.39. The highest BCUT2D eigenvalue weighted by molar-refractivity contribution is 7.80. The quantitative estimate of drug-likeness (QED) is 0.404. The lowest BCUT2D eigenvalue weighted by Gasteiger charge is -2.55. The van der Waals surface area contributed by atoms with Gasteiger partial charge in [-0.15, -0.1) is 0 Å². The van der Waals surface area contributed by atoms with Gasteiger partial charge in [0.25, 0.3) is 0 Å². The molecule has 0 spiro atoms. The summed E-state index contributed by atoms with van der Waals surface area (Å²) < 4.78 is 39.5. The summed E-state index contributed by atoms with van der Waals surface area (Å²) in [5.74, 6) is 1.14. The van der Waals surface area contributed by atoms with Crippen LogP contribution >= 0.6 is 23.8 Å². The minimum absolute atomic E-state index is 0.214. The van der Waals surface area contributed by atoms with Gasteiger partial charge in [-0.05, 0) is 80.9 Å². The second-order valence-electron chi connectivity index (χ2n) is 9.32. The molecule has 0 aromatic heterocycles. The van der Waals surface area contributed by atoms with E-state index in [0.717, 1.165) is 38.1 Å². The van der Waals surface area contributed by atoms with Crippen LogP contribution in [0.5, 0.6) is 0 Å². The van der Waals surface area contributed by atoms with Crippen molar-refractivity contribution in [3.63, 3.8) is 0 Å². The number of alkyl halides is 3. The third-order valence-electron chi connectivity index (χ3n) is 7.45. The van der Waals surface area contributed by atoms with Crippen molar-refractivity contribution in [3.8, 4) is 0 Å². The van der Waals surface area contributed by atoms with Gasteiger partial charge >= 0.3 is 6.18 Å². The average molecular weight is 470 g/mol. The molecule has 3 nitrogen and oxygen atoms in total. The largest absolute Gasteiger partial charge is 0.416 e. The predicted molar refractivity (Wildman–Crippen MR) is 121 cm³/mol. The Morgan fingerprint density at radius 2 is 2.00 bits per heavy atom. The van der Waals surface area contributed by atoms with Crippen LogP contribution < -0.4 is 5.32 Å². The molecule has 1 aliphatic carbocycles. The van der Waals surface area contributed by atoms with Crippen molar-refractivity contribution < 1.29 is 13.2 Å². The van der Waals surface area contributed by atoms with Crippen LogP contribution in [0.4, 0.5) is 18.9 Å². The molecular weight excluding hydrogens is 443 g/mol. The molecule has 0 unspecified atom stereocenters. The molecule has 3 saturated heterocycles. The first-order valence-electron chi connectivity index (χ1n) is 11.2. The highest BCUT2D eigenvalue weighted by Crippen LogP contribution is 2.45. The summed E-state index contributed by atoms with van der Waals surface area (Å²) in [4.78, 5) is 4.87. The normalized spacial score (nSPS) is 30.8. The van der Waals surface area contributed by atoms with Crippen LogP contribution in [0, 0.1) is 11.8 Å². The zero-order chi connectivity index (χ0) is 21.8. The number of thiocarbonyl (C=S) groups is 1. The second kappa shape index (κ2) is 8.23. The van der Waals surface area contributed by atoms with E-state index in [1.807, 2.05) is 0 Å². The van der Waals surface area contributed by atoms with E-state index in [9.17, 15) is 13.2 Å². The first-order valence-corrected chi connectivity index (χ1v) is 12.0. The van der Waals surface area contributed by atoms with E-state index in [1.165, 1.54) is 43.9 Å². The molecule has 168 valence electrons. The Hall–Kier alpha value is -1.31. The van der Waals surface area contributed by atoms with Gasteiger partial charge in [0, 0.05) is 19.1 Å². The maximum Gasteiger partial charge on any atom is 0.416 e. The summed E-state index contributed by atoms with van der Waals surface area (Å²) in [5, 5.41) is 3.75. The minimum Gasteiger partial charge on any atom is -0.342 e. The van der Waals surface area contributed by atoms with Crippen molar-refractivity contribution in [3.05, 3.63) is 40.4 Å². The van der Waals surface area contributed by atoms with Gasteiger partial charge in [0.15, 0.2) is 5.11 Å². The number of piperidine rings is 3. The summed E-state index contributed by atoms with van der Waals surface area (Å²) in [6.07, 6.45) is 5.26. The Labute approximate surface area is 191 Å². The molecule has 2 bridgehead atoms. The molecule has 0 amide bonds. The number of anilines is 1. The van der Waals surface area contributed by atoms with E-state index in [1.54, 1.807) is 0 Å². The van der Waals surface area contributed by atoms with Crippen molar-refractivity contribution in [2.45, 2.75) is 56.8 Å². The zero-order valence-electron chi connectivity index (χ0n) is 17.3. The van der Waals surface area contributed by atoms with E-state index < -0.39 is 11.7 Å². The molecule has 5 rings (SSSR count). The van der Waals surface area contributed by atoms with Crippen LogP contribution in [0.25, 0.3) is 0 Å². The Morgan fingerprint density at radius 3 is 2.81 bits per heavy atom. The van der Waals surface area contributed by atoms with Gasteiger partial charge in [0.2, 0.25) is 0 Å². The van der Waals surface area contributed by atoms with Crippen LogP contribution in [0.15, 0.2) is 29.8 Å². The number of rotatable bonds is 1. The van der Waals surface area contributed by atoms with Crippen LogP contribution in [-0.4, -0.2) is 46.6 Å². The first-order chi connectivity index (χ1) is 14.8. The molecular formula is C23H27ClF3N3S. The molecule has 4 aliphatic rings. The molecule has 0 radical (unpaired) electrons. The standard InChI is InChI=1S/C23H27ClF3N3S/c24-18-7-6-17(23(25,26)27)12-19(18)28-22(31)30-9-3-4-14-10-15-11-16(21(14)30)13-29-8-2-1-5-20(15)29/h6-7,10,12,15-16,20-21H,1-5,8-9,11,13H2,(H,28,31)/t15-,16+,20-,21-/m1/s1. The summed E-state index contributed by atoms with van der Waals surface area (Å²) in [6.45, 7) is 3.08.